The van der Waals surface area contributed by atoms with E-state index in [1.165, 1.54) is 12.1 Å². The van der Waals surface area contributed by atoms with Gasteiger partial charge in [0.05, 0.1) is 13.2 Å². The zero-order valence-electron chi connectivity index (χ0n) is 8.64. The van der Waals surface area contributed by atoms with Crippen molar-refractivity contribution in [2.24, 2.45) is 0 Å². The third kappa shape index (κ3) is 2.23. The number of hydrogen-bond acceptors (Lipinski definition) is 4. The summed E-state index contributed by atoms with van der Waals surface area (Å²) >= 11 is 0. The molecule has 0 saturated carbocycles. The molecule has 88 valence electrons. The highest BCUT2D eigenvalue weighted by Gasteiger charge is 2.22. The van der Waals surface area contributed by atoms with Gasteiger partial charge in [-0.3, -0.25) is 0 Å². The van der Waals surface area contributed by atoms with Gasteiger partial charge in [-0.15, -0.1) is 0 Å². The second-order valence-corrected chi connectivity index (χ2v) is 5.52. The van der Waals surface area contributed by atoms with E-state index >= 15 is 0 Å². The molecule has 1 aliphatic heterocycles. The van der Waals surface area contributed by atoms with Crippen molar-refractivity contribution in [1.29, 1.82) is 0 Å². The van der Waals surface area contributed by atoms with Crippen LogP contribution in [-0.2, 0) is 19.3 Å². The molecule has 1 heterocycles. The smallest absolute Gasteiger partial charge is 0.184 e. The number of hydrogen-bond donors (Lipinski definition) is 0. The molecule has 2 rings (SSSR count). The summed E-state index contributed by atoms with van der Waals surface area (Å²) in [5.74, 6) is -0.760. The van der Waals surface area contributed by atoms with E-state index in [9.17, 15) is 12.8 Å². The van der Waals surface area contributed by atoms with Crippen LogP contribution in [-0.4, -0.2) is 27.9 Å². The topological polar surface area (TPSA) is 52.6 Å². The van der Waals surface area contributed by atoms with Crippen molar-refractivity contribution in [2.45, 2.75) is 11.2 Å². The number of benzene rings is 1. The van der Waals surface area contributed by atoms with E-state index < -0.39 is 21.9 Å². The van der Waals surface area contributed by atoms with Crippen LogP contribution in [0.2, 0.25) is 0 Å². The van der Waals surface area contributed by atoms with Crippen molar-refractivity contribution in [3.63, 3.8) is 0 Å². The van der Waals surface area contributed by atoms with E-state index in [4.69, 9.17) is 9.47 Å². The Bertz CT molecular complexity index is 492. The lowest BCUT2D eigenvalue weighted by Crippen LogP contribution is -2.05. The van der Waals surface area contributed by atoms with Crippen LogP contribution in [0.5, 0.6) is 0 Å². The maximum Gasteiger partial charge on any atom is 0.184 e. The average Bonchev–Trinajstić information content (AvgIpc) is 2.69. The maximum absolute atomic E-state index is 13.3. The third-order valence-corrected chi connectivity index (χ3v) is 3.36. The predicted octanol–water partition coefficient (Wildman–Crippen LogP) is 1.27. The highest BCUT2D eigenvalue weighted by molar-refractivity contribution is 7.90. The van der Waals surface area contributed by atoms with Gasteiger partial charge in [0.1, 0.15) is 10.7 Å². The minimum Gasteiger partial charge on any atom is -0.346 e. The van der Waals surface area contributed by atoms with Crippen molar-refractivity contribution in [2.75, 3.05) is 19.5 Å². The summed E-state index contributed by atoms with van der Waals surface area (Å²) < 4.78 is 46.3. The van der Waals surface area contributed by atoms with Gasteiger partial charge in [0, 0.05) is 11.8 Å². The molecular weight excluding hydrogens is 235 g/mol. The van der Waals surface area contributed by atoms with E-state index in [0.717, 1.165) is 12.3 Å². The molecule has 0 radical (unpaired) electrons. The van der Waals surface area contributed by atoms with Gasteiger partial charge in [0.15, 0.2) is 16.1 Å². The fourth-order valence-corrected chi connectivity index (χ4v) is 2.27. The molecule has 0 spiro atoms. The summed E-state index contributed by atoms with van der Waals surface area (Å²) in [6.07, 6.45) is 0.368. The molecule has 0 bridgehead atoms. The van der Waals surface area contributed by atoms with Gasteiger partial charge in [0.2, 0.25) is 0 Å². The Morgan fingerprint density at radius 2 is 1.94 bits per heavy atom. The molecule has 0 atom stereocenters. The summed E-state index contributed by atoms with van der Waals surface area (Å²) in [5.41, 5.74) is 0.513. The lowest BCUT2D eigenvalue weighted by Gasteiger charge is -2.10. The fourth-order valence-electron chi connectivity index (χ4n) is 1.50. The fraction of sp³-hybridized carbons (Fsp3) is 0.400. The minimum absolute atomic E-state index is 0.330. The second-order valence-electron chi connectivity index (χ2n) is 3.54. The molecule has 0 aliphatic carbocycles. The first kappa shape index (κ1) is 11.5. The van der Waals surface area contributed by atoms with Crippen molar-refractivity contribution in [3.8, 4) is 0 Å². The molecule has 16 heavy (non-hydrogen) atoms. The van der Waals surface area contributed by atoms with Crippen LogP contribution in [0.3, 0.4) is 0 Å². The molecule has 4 nitrogen and oxygen atoms in total. The second kappa shape index (κ2) is 4.12. The Morgan fingerprint density at radius 3 is 2.50 bits per heavy atom. The van der Waals surface area contributed by atoms with Gasteiger partial charge >= 0.3 is 0 Å². The summed E-state index contributed by atoms with van der Waals surface area (Å²) in [7, 11) is -3.57. The number of sulfone groups is 1. The van der Waals surface area contributed by atoms with Gasteiger partial charge in [0.25, 0.3) is 0 Å². The molecule has 1 aromatic rings. The summed E-state index contributed by atoms with van der Waals surface area (Å²) in [5, 5.41) is 0. The average molecular weight is 246 g/mol. The Labute approximate surface area is 92.9 Å². The van der Waals surface area contributed by atoms with Gasteiger partial charge in [-0.2, -0.15) is 0 Å². The molecule has 1 fully saturated rings. The molecule has 0 N–H and O–H groups in total. The Morgan fingerprint density at radius 1 is 1.31 bits per heavy atom. The molecule has 1 saturated heterocycles. The molecular formula is C10H11FO4S. The van der Waals surface area contributed by atoms with Crippen LogP contribution in [0.15, 0.2) is 23.1 Å². The van der Waals surface area contributed by atoms with E-state index in [1.807, 2.05) is 0 Å². The first-order valence-corrected chi connectivity index (χ1v) is 6.60. The van der Waals surface area contributed by atoms with Crippen LogP contribution in [0, 0.1) is 5.82 Å². The lowest BCUT2D eigenvalue weighted by molar-refractivity contribution is -0.0443. The van der Waals surface area contributed by atoms with Crippen LogP contribution < -0.4 is 0 Å². The molecule has 0 unspecified atom stereocenters. The van der Waals surface area contributed by atoms with Crippen LogP contribution in [0.25, 0.3) is 0 Å². The highest BCUT2D eigenvalue weighted by Crippen LogP contribution is 2.26. The van der Waals surface area contributed by atoms with Gasteiger partial charge in [-0.25, -0.2) is 12.8 Å². The van der Waals surface area contributed by atoms with Crippen molar-refractivity contribution >= 4 is 9.84 Å². The Balaban J connectivity index is 2.43. The van der Waals surface area contributed by atoms with Crippen LogP contribution in [0.1, 0.15) is 11.9 Å². The summed E-state index contributed by atoms with van der Waals surface area (Å²) in [6, 6.07) is 3.82. The molecule has 0 aromatic heterocycles. The Hall–Kier alpha value is -0.980. The van der Waals surface area contributed by atoms with Gasteiger partial charge in [-0.1, -0.05) is 6.07 Å². The molecule has 6 heteroatoms. The molecule has 1 aliphatic rings. The van der Waals surface area contributed by atoms with E-state index in [1.54, 1.807) is 0 Å². The molecule has 0 amide bonds. The predicted molar refractivity (Wildman–Crippen MR) is 54.2 cm³/mol. The zero-order valence-corrected chi connectivity index (χ0v) is 9.46. The minimum atomic E-state index is -3.57. The Kier molecular flexibility index (Phi) is 2.96. The van der Waals surface area contributed by atoms with Crippen LogP contribution >= 0.6 is 0 Å². The van der Waals surface area contributed by atoms with Crippen molar-refractivity contribution in [3.05, 3.63) is 29.6 Å². The SMILES string of the molecule is CS(=O)(=O)c1cc(C2OCCO2)ccc1F. The number of ether oxygens (including phenoxy) is 2. The van der Waals surface area contributed by atoms with Crippen molar-refractivity contribution in [1.82, 2.24) is 0 Å². The number of rotatable bonds is 2. The lowest BCUT2D eigenvalue weighted by atomic mass is 10.2. The van der Waals surface area contributed by atoms with E-state index in [-0.39, 0.29) is 4.90 Å². The monoisotopic (exact) mass is 246 g/mol. The van der Waals surface area contributed by atoms with Gasteiger partial charge < -0.3 is 9.47 Å². The van der Waals surface area contributed by atoms with E-state index in [2.05, 4.69) is 0 Å². The van der Waals surface area contributed by atoms with E-state index in [0.29, 0.717) is 18.8 Å². The first-order chi connectivity index (χ1) is 7.48. The summed E-state index contributed by atoms with van der Waals surface area (Å²) in [6.45, 7) is 0.909. The van der Waals surface area contributed by atoms with Gasteiger partial charge in [-0.05, 0) is 12.1 Å². The third-order valence-electron chi connectivity index (χ3n) is 2.25. The van der Waals surface area contributed by atoms with Crippen molar-refractivity contribution < 1.29 is 22.3 Å². The molecule has 1 aromatic carbocycles. The standard InChI is InChI=1S/C10H11FO4S/c1-16(12,13)9-6-7(2-3-8(9)11)10-14-4-5-15-10/h2-3,6,10H,4-5H2,1H3. The maximum atomic E-state index is 13.3. The number of halogens is 1. The summed E-state index contributed by atoms with van der Waals surface area (Å²) in [4.78, 5) is -0.330. The largest absolute Gasteiger partial charge is 0.346 e. The highest BCUT2D eigenvalue weighted by atomic mass is 32.2. The quantitative estimate of drug-likeness (QED) is 0.788. The normalized spacial score (nSPS) is 17.9. The van der Waals surface area contributed by atoms with Crippen LogP contribution in [0.4, 0.5) is 4.39 Å². The zero-order chi connectivity index (χ0) is 11.8. The first-order valence-electron chi connectivity index (χ1n) is 4.71.